The van der Waals surface area contributed by atoms with Gasteiger partial charge in [0.2, 0.25) is 0 Å². The van der Waals surface area contributed by atoms with Crippen LogP contribution in [0.4, 0.5) is 0 Å². The lowest BCUT2D eigenvalue weighted by Gasteiger charge is -2.11. The highest BCUT2D eigenvalue weighted by molar-refractivity contribution is 6.18. The molecule has 1 N–H and O–H groups in total. The lowest BCUT2D eigenvalue weighted by Crippen LogP contribution is -1.97. The van der Waals surface area contributed by atoms with E-state index in [4.69, 9.17) is 19.9 Å². The Balaban J connectivity index is 0.819. The van der Waals surface area contributed by atoms with Crippen LogP contribution in [0.25, 0.3) is 167 Å². The normalized spacial score (nSPS) is 11.7. The molecular formula is C80H51N7. The minimum Gasteiger partial charge on any atom is -0.355 e. The minimum atomic E-state index is 0.677. The summed E-state index contributed by atoms with van der Waals surface area (Å²) >= 11 is 0. The summed E-state index contributed by atoms with van der Waals surface area (Å²) in [5.74, 6) is 1.35. The van der Waals surface area contributed by atoms with E-state index in [9.17, 15) is 0 Å². The summed E-state index contributed by atoms with van der Waals surface area (Å²) in [5.41, 5.74) is 22.8. The Morgan fingerprint density at radius 3 is 0.885 bits per heavy atom. The van der Waals surface area contributed by atoms with Gasteiger partial charge in [0.25, 0.3) is 0 Å². The van der Waals surface area contributed by atoms with Crippen LogP contribution in [-0.4, -0.2) is 34.1 Å². The van der Waals surface area contributed by atoms with Crippen molar-refractivity contribution in [2.24, 2.45) is 0 Å². The van der Waals surface area contributed by atoms with E-state index < -0.39 is 0 Å². The molecule has 0 aliphatic carbocycles. The van der Waals surface area contributed by atoms with Gasteiger partial charge in [-0.1, -0.05) is 206 Å². The van der Waals surface area contributed by atoms with E-state index in [2.05, 4.69) is 293 Å². The summed E-state index contributed by atoms with van der Waals surface area (Å²) < 4.78 is 4.75. The van der Waals surface area contributed by atoms with Crippen LogP contribution in [0.15, 0.2) is 303 Å². The molecule has 0 saturated heterocycles. The second-order valence-corrected chi connectivity index (χ2v) is 22.2. The lowest BCUT2D eigenvalue weighted by molar-refractivity contribution is 1.17. The zero-order valence-corrected chi connectivity index (χ0v) is 47.1. The van der Waals surface area contributed by atoms with Crippen molar-refractivity contribution < 1.29 is 0 Å². The summed E-state index contributed by atoms with van der Waals surface area (Å²) in [5, 5.41) is 6.76. The van der Waals surface area contributed by atoms with Gasteiger partial charge in [-0.3, -0.25) is 0 Å². The van der Waals surface area contributed by atoms with Crippen LogP contribution in [0.1, 0.15) is 0 Å². The smallest absolute Gasteiger partial charge is 0.161 e. The predicted octanol–water partition coefficient (Wildman–Crippen LogP) is 20.4. The highest BCUT2D eigenvalue weighted by atomic mass is 15.0. The zero-order valence-electron chi connectivity index (χ0n) is 47.1. The molecule has 5 aromatic heterocycles. The van der Waals surface area contributed by atoms with Crippen LogP contribution in [0, 0.1) is 0 Å². The predicted molar refractivity (Wildman–Crippen MR) is 359 cm³/mol. The van der Waals surface area contributed by atoms with E-state index in [1.807, 2.05) is 24.3 Å². The molecule has 406 valence electrons. The third-order valence-electron chi connectivity index (χ3n) is 17.1. The fourth-order valence-corrected chi connectivity index (χ4v) is 13.0. The Labute approximate surface area is 501 Å². The van der Waals surface area contributed by atoms with E-state index >= 15 is 0 Å². The number of benzene rings is 12. The average Bonchev–Trinajstić information content (AvgIpc) is 2.27. The molecule has 0 saturated carbocycles. The molecule has 0 aliphatic rings. The third-order valence-corrected chi connectivity index (χ3v) is 17.1. The Bertz CT molecular complexity index is 5020. The van der Waals surface area contributed by atoms with Crippen molar-refractivity contribution >= 4 is 65.4 Å². The summed E-state index contributed by atoms with van der Waals surface area (Å²) in [6.45, 7) is 0. The largest absolute Gasteiger partial charge is 0.355 e. The maximum atomic E-state index is 5.36. The van der Waals surface area contributed by atoms with Gasteiger partial charge < -0.3 is 14.1 Å². The Morgan fingerprint density at radius 1 is 0.230 bits per heavy atom. The van der Waals surface area contributed by atoms with Gasteiger partial charge in [-0.05, 0) is 119 Å². The van der Waals surface area contributed by atoms with Gasteiger partial charge >= 0.3 is 0 Å². The van der Waals surface area contributed by atoms with Crippen LogP contribution < -0.4 is 0 Å². The fourth-order valence-electron chi connectivity index (χ4n) is 13.0. The van der Waals surface area contributed by atoms with Gasteiger partial charge in [-0.2, -0.15) is 0 Å². The molecule has 0 radical (unpaired) electrons. The standard InChI is InChI=1S/C80H51N7/c1-7-21-51(22-8-1)69-49-70(52-23-9-2-10-24-52)83-79(82-69)61-33-19-35-75-77(61)65-47-57(39-43-73(65)86(75)59-29-15-5-16-30-59)55-37-41-67-63(45-55)64-46-56(38-42-68(64)81-67)58-40-44-74-66(48-58)78-62(34-20-36-76(78)87(74)60-31-17-6-18-32-60)80-84-71(53-25-11-3-12-26-53)50-72(85-80)54-27-13-4-14-28-54/h1-50,81H. The number of hydrogen-bond acceptors (Lipinski definition) is 4. The maximum Gasteiger partial charge on any atom is 0.161 e. The van der Waals surface area contributed by atoms with Gasteiger partial charge in [0.1, 0.15) is 0 Å². The maximum absolute atomic E-state index is 5.36. The van der Waals surface area contributed by atoms with E-state index in [-0.39, 0.29) is 0 Å². The number of hydrogen-bond donors (Lipinski definition) is 1. The molecule has 7 heteroatoms. The van der Waals surface area contributed by atoms with Crippen molar-refractivity contribution in [1.82, 2.24) is 34.1 Å². The SMILES string of the molecule is c1ccc(-c2cc(-c3ccccc3)nc(-c3cccc4c3c3cc(-c5ccc6[nH]c7ccc(-c8ccc9c(c8)c8c(-c%10nc(-c%11ccccc%11)cc(-c%11ccccc%11)n%10)cccc8n9-c8ccccc8)cc7c6c5)ccc3n4-c3ccccc3)n2)cc1. The molecule has 0 aliphatic heterocycles. The monoisotopic (exact) mass is 1110 g/mol. The summed E-state index contributed by atoms with van der Waals surface area (Å²) in [6.07, 6.45) is 0. The molecule has 0 spiro atoms. The number of H-pyrrole nitrogens is 1. The molecule has 7 nitrogen and oxygen atoms in total. The molecular weight excluding hydrogens is 1060 g/mol. The molecule has 0 fully saturated rings. The molecule has 0 unspecified atom stereocenters. The molecule has 17 rings (SSSR count). The quantitative estimate of drug-likeness (QED) is 0.148. The lowest BCUT2D eigenvalue weighted by atomic mass is 9.97. The fraction of sp³-hybridized carbons (Fsp3) is 0. The number of rotatable bonds is 10. The molecule has 17 aromatic rings. The Morgan fingerprint density at radius 2 is 0.540 bits per heavy atom. The van der Waals surface area contributed by atoms with Crippen molar-refractivity contribution in [3.8, 4) is 101 Å². The Kier molecular flexibility index (Phi) is 11.7. The van der Waals surface area contributed by atoms with Crippen LogP contribution in [0.2, 0.25) is 0 Å². The Hall–Kier alpha value is -11.8. The first-order valence-electron chi connectivity index (χ1n) is 29.4. The van der Waals surface area contributed by atoms with Gasteiger partial charge in [0, 0.05) is 88.1 Å². The molecule has 87 heavy (non-hydrogen) atoms. The van der Waals surface area contributed by atoms with E-state index in [1.165, 1.54) is 0 Å². The highest BCUT2D eigenvalue weighted by Crippen LogP contribution is 2.44. The van der Waals surface area contributed by atoms with Gasteiger partial charge in [0.15, 0.2) is 11.6 Å². The second-order valence-electron chi connectivity index (χ2n) is 22.2. The molecule has 12 aromatic carbocycles. The van der Waals surface area contributed by atoms with Crippen molar-refractivity contribution in [3.63, 3.8) is 0 Å². The first-order valence-corrected chi connectivity index (χ1v) is 29.4. The number of fused-ring (bicyclic) bond motifs is 9. The summed E-state index contributed by atoms with van der Waals surface area (Å²) in [6, 6.07) is 108. The van der Waals surface area contributed by atoms with E-state index in [0.717, 1.165) is 155 Å². The average molecular weight is 1110 g/mol. The molecule has 0 amide bonds. The van der Waals surface area contributed by atoms with Crippen molar-refractivity contribution in [3.05, 3.63) is 303 Å². The minimum absolute atomic E-state index is 0.677. The van der Waals surface area contributed by atoms with Crippen LogP contribution in [0.3, 0.4) is 0 Å². The van der Waals surface area contributed by atoms with Gasteiger partial charge in [0.05, 0.1) is 44.8 Å². The highest BCUT2D eigenvalue weighted by Gasteiger charge is 2.23. The number of aromatic amines is 1. The number of nitrogens with one attached hydrogen (secondary N) is 1. The first kappa shape index (κ1) is 49.8. The van der Waals surface area contributed by atoms with E-state index in [1.54, 1.807) is 0 Å². The van der Waals surface area contributed by atoms with Crippen LogP contribution in [0.5, 0.6) is 0 Å². The third kappa shape index (κ3) is 8.59. The van der Waals surface area contributed by atoms with Crippen molar-refractivity contribution in [2.75, 3.05) is 0 Å². The van der Waals surface area contributed by atoms with Crippen LogP contribution in [-0.2, 0) is 0 Å². The summed E-state index contributed by atoms with van der Waals surface area (Å²) in [4.78, 5) is 25.2. The topological polar surface area (TPSA) is 77.2 Å². The molecule has 5 heterocycles. The van der Waals surface area contributed by atoms with E-state index in [0.29, 0.717) is 11.6 Å². The molecule has 0 atom stereocenters. The van der Waals surface area contributed by atoms with Crippen molar-refractivity contribution in [1.29, 1.82) is 0 Å². The zero-order chi connectivity index (χ0) is 57.4. The number of nitrogens with zero attached hydrogens (tertiary/aromatic N) is 6. The second kappa shape index (κ2) is 20.5. The molecule has 0 bridgehead atoms. The number of para-hydroxylation sites is 2. The van der Waals surface area contributed by atoms with Crippen LogP contribution >= 0.6 is 0 Å². The first-order chi connectivity index (χ1) is 43.1. The van der Waals surface area contributed by atoms with Crippen molar-refractivity contribution in [2.45, 2.75) is 0 Å². The number of aromatic nitrogens is 7. The van der Waals surface area contributed by atoms with Gasteiger partial charge in [-0.15, -0.1) is 0 Å². The van der Waals surface area contributed by atoms with Gasteiger partial charge in [-0.25, -0.2) is 19.9 Å². The summed E-state index contributed by atoms with van der Waals surface area (Å²) in [7, 11) is 0.